The number of aryl methyl sites for hydroxylation is 2. The second kappa shape index (κ2) is 9.91. The van der Waals surface area contributed by atoms with Gasteiger partial charge in [0.05, 0.1) is 16.2 Å². The molecule has 0 spiro atoms. The Morgan fingerprint density at radius 1 is 1.00 bits per heavy atom. The number of nitrogens with one attached hydrogen (secondary N) is 1. The summed E-state index contributed by atoms with van der Waals surface area (Å²) in [7, 11) is -3.35. The number of carbonyl (C=O) groups excluding carboxylic acids is 1. The van der Waals surface area contributed by atoms with E-state index in [0.717, 1.165) is 4.90 Å². The van der Waals surface area contributed by atoms with Gasteiger partial charge in [-0.15, -0.1) is 0 Å². The molecule has 0 fully saturated rings. The number of hydrogen-bond acceptors (Lipinski definition) is 5. The normalized spacial score (nSPS) is 11.3. The molecule has 0 saturated heterocycles. The number of carbonyl (C=O) groups is 1. The predicted molar refractivity (Wildman–Crippen MR) is 120 cm³/mol. The van der Waals surface area contributed by atoms with Gasteiger partial charge in [0, 0.05) is 17.6 Å². The fraction of sp³-hybridized carbons (Fsp3) is 0.217. The summed E-state index contributed by atoms with van der Waals surface area (Å²) in [6.45, 7) is 4.38. The summed E-state index contributed by atoms with van der Waals surface area (Å²) in [5.74, 6) is -0.277. The zero-order valence-corrected chi connectivity index (χ0v) is 18.6. The molecule has 0 atom stereocenters. The molecule has 2 aromatic carbocycles. The fourth-order valence-corrected chi connectivity index (χ4v) is 5.15. The summed E-state index contributed by atoms with van der Waals surface area (Å²) in [4.78, 5) is 18.3. The van der Waals surface area contributed by atoms with Gasteiger partial charge in [0.1, 0.15) is 5.03 Å². The third-order valence-electron chi connectivity index (χ3n) is 4.69. The Balaban J connectivity index is 1.60. The quantitative estimate of drug-likeness (QED) is 0.524. The molecular weight excluding hydrogens is 416 g/mol. The molecule has 3 aromatic rings. The Morgan fingerprint density at radius 2 is 1.77 bits per heavy atom. The average Bonchev–Trinajstić information content (AvgIpc) is 2.75. The Bertz CT molecular complexity index is 1130. The van der Waals surface area contributed by atoms with Crippen molar-refractivity contribution in [2.75, 3.05) is 12.3 Å². The van der Waals surface area contributed by atoms with E-state index in [1.807, 2.05) is 12.1 Å². The number of amides is 1. The molecule has 156 valence electrons. The van der Waals surface area contributed by atoms with E-state index in [4.69, 9.17) is 0 Å². The minimum Gasteiger partial charge on any atom is -0.352 e. The standard InChI is InChI=1S/C23H24N2O3S2/c1-17-11-12-19(16-18(17)2)29-23-21(10-6-13-25-23)22(26)24-14-7-15-30(27,28)20-8-4-3-5-9-20/h3-6,8-13,16H,7,14-15H2,1-2H3,(H,24,26). The fourth-order valence-electron chi connectivity index (χ4n) is 2.84. The zero-order chi connectivity index (χ0) is 21.6. The van der Waals surface area contributed by atoms with Crippen LogP contribution in [0.5, 0.6) is 0 Å². The van der Waals surface area contributed by atoms with E-state index in [1.54, 1.807) is 48.7 Å². The lowest BCUT2D eigenvalue weighted by Crippen LogP contribution is -2.26. The topological polar surface area (TPSA) is 76.1 Å². The molecule has 1 aromatic heterocycles. The molecule has 1 amide bonds. The maximum atomic E-state index is 12.7. The highest BCUT2D eigenvalue weighted by Gasteiger charge is 2.16. The first kappa shape index (κ1) is 22.1. The van der Waals surface area contributed by atoms with E-state index in [-0.39, 0.29) is 18.2 Å². The lowest BCUT2D eigenvalue weighted by molar-refractivity contribution is 0.0950. The average molecular weight is 441 g/mol. The third kappa shape index (κ3) is 5.70. The van der Waals surface area contributed by atoms with Crippen molar-refractivity contribution in [3.8, 4) is 0 Å². The summed E-state index contributed by atoms with van der Waals surface area (Å²) in [6, 6.07) is 17.9. The van der Waals surface area contributed by atoms with Crippen LogP contribution >= 0.6 is 11.8 Å². The van der Waals surface area contributed by atoms with Crippen LogP contribution in [0.4, 0.5) is 0 Å². The zero-order valence-electron chi connectivity index (χ0n) is 17.0. The summed E-state index contributed by atoms with van der Waals surface area (Å²) in [6.07, 6.45) is 2.00. The maximum Gasteiger partial charge on any atom is 0.254 e. The van der Waals surface area contributed by atoms with Crippen LogP contribution in [0.1, 0.15) is 27.9 Å². The molecule has 1 N–H and O–H groups in total. The maximum absolute atomic E-state index is 12.7. The Morgan fingerprint density at radius 3 is 2.50 bits per heavy atom. The number of pyridine rings is 1. The number of hydrogen-bond donors (Lipinski definition) is 1. The van der Waals surface area contributed by atoms with Crippen molar-refractivity contribution in [3.05, 3.63) is 83.6 Å². The molecule has 0 unspecified atom stereocenters. The van der Waals surface area contributed by atoms with Crippen LogP contribution in [0.15, 0.2) is 81.7 Å². The number of aromatic nitrogens is 1. The smallest absolute Gasteiger partial charge is 0.254 e. The van der Waals surface area contributed by atoms with Crippen LogP contribution < -0.4 is 5.32 Å². The molecule has 0 aliphatic carbocycles. The highest BCUT2D eigenvalue weighted by atomic mass is 32.2. The molecule has 0 bridgehead atoms. The monoisotopic (exact) mass is 440 g/mol. The Labute approximate surface area is 181 Å². The lowest BCUT2D eigenvalue weighted by Gasteiger charge is -2.10. The highest BCUT2D eigenvalue weighted by molar-refractivity contribution is 7.99. The van der Waals surface area contributed by atoms with Crippen molar-refractivity contribution in [1.82, 2.24) is 10.3 Å². The molecular formula is C23H24N2O3S2. The van der Waals surface area contributed by atoms with Crippen LogP contribution in [0.25, 0.3) is 0 Å². The minimum absolute atomic E-state index is 0.0193. The van der Waals surface area contributed by atoms with Crippen molar-refractivity contribution in [1.29, 1.82) is 0 Å². The first-order valence-electron chi connectivity index (χ1n) is 9.63. The van der Waals surface area contributed by atoms with Gasteiger partial charge in [-0.3, -0.25) is 4.79 Å². The van der Waals surface area contributed by atoms with Crippen molar-refractivity contribution in [3.63, 3.8) is 0 Å². The minimum atomic E-state index is -3.35. The molecule has 30 heavy (non-hydrogen) atoms. The SMILES string of the molecule is Cc1ccc(Sc2ncccc2C(=O)NCCCS(=O)(=O)c2ccccc2)cc1C. The van der Waals surface area contributed by atoms with E-state index in [0.29, 0.717) is 21.9 Å². The number of benzene rings is 2. The lowest BCUT2D eigenvalue weighted by atomic mass is 10.1. The molecule has 1 heterocycles. The molecule has 3 rings (SSSR count). The van der Waals surface area contributed by atoms with Gasteiger partial charge in [0.25, 0.3) is 5.91 Å². The largest absolute Gasteiger partial charge is 0.352 e. The summed E-state index contributed by atoms with van der Waals surface area (Å²) < 4.78 is 24.7. The molecule has 5 nitrogen and oxygen atoms in total. The van der Waals surface area contributed by atoms with Crippen LogP contribution in [0, 0.1) is 13.8 Å². The molecule has 0 radical (unpaired) electrons. The van der Waals surface area contributed by atoms with E-state index < -0.39 is 9.84 Å². The van der Waals surface area contributed by atoms with Crippen molar-refractivity contribution in [2.24, 2.45) is 0 Å². The predicted octanol–water partition coefficient (Wildman–Crippen LogP) is 4.44. The highest BCUT2D eigenvalue weighted by Crippen LogP contribution is 2.29. The van der Waals surface area contributed by atoms with Gasteiger partial charge in [-0.2, -0.15) is 0 Å². The van der Waals surface area contributed by atoms with E-state index in [1.165, 1.54) is 22.9 Å². The van der Waals surface area contributed by atoms with Gasteiger partial charge in [-0.05, 0) is 67.8 Å². The Kier molecular flexibility index (Phi) is 7.29. The van der Waals surface area contributed by atoms with Crippen LogP contribution in [-0.2, 0) is 9.84 Å². The molecule has 7 heteroatoms. The molecule has 0 aliphatic heterocycles. The molecule has 0 aliphatic rings. The summed E-state index contributed by atoms with van der Waals surface area (Å²) in [5.41, 5.74) is 2.87. The molecule has 0 saturated carbocycles. The Hall–Kier alpha value is -2.64. The van der Waals surface area contributed by atoms with Crippen molar-refractivity contribution < 1.29 is 13.2 Å². The number of rotatable bonds is 8. The van der Waals surface area contributed by atoms with Crippen molar-refractivity contribution in [2.45, 2.75) is 35.1 Å². The summed E-state index contributed by atoms with van der Waals surface area (Å²) in [5, 5.41) is 3.43. The first-order chi connectivity index (χ1) is 14.4. The van der Waals surface area contributed by atoms with Crippen LogP contribution in [-0.4, -0.2) is 31.6 Å². The van der Waals surface area contributed by atoms with Gasteiger partial charge in [-0.1, -0.05) is 36.0 Å². The summed E-state index contributed by atoms with van der Waals surface area (Å²) >= 11 is 1.44. The van der Waals surface area contributed by atoms with Gasteiger partial charge in [-0.25, -0.2) is 13.4 Å². The van der Waals surface area contributed by atoms with E-state index in [2.05, 4.69) is 30.2 Å². The van der Waals surface area contributed by atoms with Crippen molar-refractivity contribution >= 4 is 27.5 Å². The van der Waals surface area contributed by atoms with E-state index in [9.17, 15) is 13.2 Å². The number of nitrogens with zero attached hydrogens (tertiary/aromatic N) is 1. The van der Waals surface area contributed by atoms with Gasteiger partial charge in [0.2, 0.25) is 0 Å². The second-order valence-corrected chi connectivity index (χ2v) is 10.1. The third-order valence-corrected chi connectivity index (χ3v) is 7.51. The first-order valence-corrected chi connectivity index (χ1v) is 12.1. The van der Waals surface area contributed by atoms with E-state index >= 15 is 0 Å². The number of sulfone groups is 1. The van der Waals surface area contributed by atoms with Gasteiger partial charge >= 0.3 is 0 Å². The van der Waals surface area contributed by atoms with Crippen LogP contribution in [0.2, 0.25) is 0 Å². The second-order valence-electron chi connectivity index (χ2n) is 6.95. The van der Waals surface area contributed by atoms with Crippen LogP contribution in [0.3, 0.4) is 0 Å². The van der Waals surface area contributed by atoms with Gasteiger partial charge in [0.15, 0.2) is 9.84 Å². The van der Waals surface area contributed by atoms with Gasteiger partial charge < -0.3 is 5.32 Å².